The number of carbonyl (C=O) groups is 1. The summed E-state index contributed by atoms with van der Waals surface area (Å²) in [6.07, 6.45) is 5.46. The van der Waals surface area contributed by atoms with Crippen LogP contribution in [0.3, 0.4) is 0 Å². The molecule has 5 rings (SSSR count). The Kier molecular flexibility index (Phi) is 5.90. The summed E-state index contributed by atoms with van der Waals surface area (Å²) in [6.45, 7) is 7.99. The van der Waals surface area contributed by atoms with Crippen LogP contribution in [0.2, 0.25) is 0 Å². The Hall–Kier alpha value is -4.27. The van der Waals surface area contributed by atoms with Crippen LogP contribution < -0.4 is 5.32 Å². The van der Waals surface area contributed by atoms with Crippen molar-refractivity contribution in [2.45, 2.75) is 45.8 Å². The molecule has 3 heterocycles. The van der Waals surface area contributed by atoms with Crippen molar-refractivity contribution in [2.75, 3.05) is 0 Å². The molecule has 0 aliphatic rings. The van der Waals surface area contributed by atoms with Gasteiger partial charge in [0.15, 0.2) is 11.5 Å². The number of aromatic nitrogens is 6. The smallest absolute Gasteiger partial charge is 0.279 e. The molecule has 0 fully saturated rings. The van der Waals surface area contributed by atoms with E-state index in [0.29, 0.717) is 29.5 Å². The first-order chi connectivity index (χ1) is 16.9. The molecule has 0 saturated carbocycles. The predicted octanol–water partition coefficient (Wildman–Crippen LogP) is 4.21. The molecule has 1 N–H and O–H groups in total. The average molecular weight is 470 g/mol. The monoisotopic (exact) mass is 469 g/mol. The van der Waals surface area contributed by atoms with Gasteiger partial charge < -0.3 is 14.4 Å². The number of aryl methyl sites for hydroxylation is 2. The molecule has 0 atom stereocenters. The standard InChI is InChI=1S/C26H27N7O2/c1-26(2,3)19-10-8-18(9-11-19)24(34)28-16-22-29-25(35-31-22)23-20-6-4-5-7-21(20)33(30-23)15-14-32-13-12-27-17-32/h4-13,17H,14-16H2,1-3H3,(H,28,34). The van der Waals surface area contributed by atoms with Crippen LogP contribution in [0, 0.1) is 0 Å². The molecule has 9 nitrogen and oxygen atoms in total. The average Bonchev–Trinajstić information content (AvgIpc) is 3.61. The minimum absolute atomic E-state index is 0.0344. The highest BCUT2D eigenvalue weighted by Gasteiger charge is 2.19. The molecule has 0 unspecified atom stereocenters. The summed E-state index contributed by atoms with van der Waals surface area (Å²) in [6, 6.07) is 15.6. The largest absolute Gasteiger partial charge is 0.345 e. The van der Waals surface area contributed by atoms with Gasteiger partial charge in [-0.2, -0.15) is 10.1 Å². The highest BCUT2D eigenvalue weighted by molar-refractivity contribution is 5.94. The molecule has 3 aromatic heterocycles. The highest BCUT2D eigenvalue weighted by atomic mass is 16.5. The number of nitrogens with zero attached hydrogens (tertiary/aromatic N) is 6. The number of nitrogens with one attached hydrogen (secondary N) is 1. The van der Waals surface area contributed by atoms with Crippen LogP contribution >= 0.6 is 0 Å². The first kappa shape index (κ1) is 22.5. The second kappa shape index (κ2) is 9.17. The van der Waals surface area contributed by atoms with Crippen LogP contribution in [-0.2, 0) is 25.0 Å². The van der Waals surface area contributed by atoms with E-state index in [0.717, 1.165) is 17.4 Å². The first-order valence-electron chi connectivity index (χ1n) is 11.5. The maximum atomic E-state index is 12.6. The van der Waals surface area contributed by atoms with Crippen molar-refractivity contribution < 1.29 is 9.32 Å². The fourth-order valence-electron chi connectivity index (χ4n) is 3.89. The third-order valence-electron chi connectivity index (χ3n) is 5.88. The lowest BCUT2D eigenvalue weighted by molar-refractivity contribution is 0.0949. The molecule has 35 heavy (non-hydrogen) atoms. The lowest BCUT2D eigenvalue weighted by Gasteiger charge is -2.18. The Morgan fingerprint density at radius 3 is 2.60 bits per heavy atom. The Morgan fingerprint density at radius 2 is 1.86 bits per heavy atom. The van der Waals surface area contributed by atoms with Gasteiger partial charge in [0.2, 0.25) is 0 Å². The van der Waals surface area contributed by atoms with Crippen molar-refractivity contribution in [1.29, 1.82) is 0 Å². The van der Waals surface area contributed by atoms with Gasteiger partial charge in [0.1, 0.15) is 0 Å². The van der Waals surface area contributed by atoms with Crippen LogP contribution in [-0.4, -0.2) is 35.4 Å². The van der Waals surface area contributed by atoms with E-state index in [4.69, 9.17) is 9.62 Å². The van der Waals surface area contributed by atoms with Gasteiger partial charge in [-0.3, -0.25) is 9.48 Å². The molecule has 0 spiro atoms. The van der Waals surface area contributed by atoms with Crippen molar-refractivity contribution in [3.63, 3.8) is 0 Å². The lowest BCUT2D eigenvalue weighted by atomic mass is 9.87. The van der Waals surface area contributed by atoms with Crippen molar-refractivity contribution in [2.24, 2.45) is 0 Å². The number of rotatable bonds is 7. The number of para-hydroxylation sites is 1. The number of carbonyl (C=O) groups excluding carboxylic acids is 1. The SMILES string of the molecule is CC(C)(C)c1ccc(C(=O)NCc2noc(-c3nn(CCn4ccnc4)c4ccccc34)n2)cc1. The van der Waals surface area contributed by atoms with E-state index in [2.05, 4.69) is 41.2 Å². The summed E-state index contributed by atoms with van der Waals surface area (Å²) in [4.78, 5) is 21.2. The van der Waals surface area contributed by atoms with Gasteiger partial charge in [-0.05, 0) is 29.2 Å². The lowest BCUT2D eigenvalue weighted by Crippen LogP contribution is -2.23. The van der Waals surface area contributed by atoms with Crippen molar-refractivity contribution in [3.05, 3.63) is 84.2 Å². The number of imidazole rings is 1. The van der Waals surface area contributed by atoms with Crippen LogP contribution in [0.15, 0.2) is 71.8 Å². The number of fused-ring (bicyclic) bond motifs is 1. The van der Waals surface area contributed by atoms with Gasteiger partial charge in [0.05, 0.1) is 24.9 Å². The normalized spacial score (nSPS) is 11.7. The molecule has 0 bridgehead atoms. The third-order valence-corrected chi connectivity index (χ3v) is 5.88. The van der Waals surface area contributed by atoms with Gasteiger partial charge in [0, 0.05) is 29.9 Å². The molecule has 0 saturated heterocycles. The molecule has 0 aliphatic heterocycles. The van der Waals surface area contributed by atoms with E-state index in [1.165, 1.54) is 5.56 Å². The van der Waals surface area contributed by atoms with Gasteiger partial charge in [-0.15, -0.1) is 0 Å². The fraction of sp³-hybridized carbons (Fsp3) is 0.269. The molecule has 178 valence electrons. The summed E-state index contributed by atoms with van der Waals surface area (Å²) >= 11 is 0. The van der Waals surface area contributed by atoms with E-state index < -0.39 is 0 Å². The van der Waals surface area contributed by atoms with Crippen molar-refractivity contribution >= 4 is 16.8 Å². The Balaban J connectivity index is 1.29. The van der Waals surface area contributed by atoms with Gasteiger partial charge in [-0.1, -0.05) is 56.3 Å². The zero-order valence-corrected chi connectivity index (χ0v) is 20.0. The quantitative estimate of drug-likeness (QED) is 0.383. The van der Waals surface area contributed by atoms with Crippen LogP contribution in [0.4, 0.5) is 0 Å². The van der Waals surface area contributed by atoms with E-state index >= 15 is 0 Å². The summed E-state index contributed by atoms with van der Waals surface area (Å²) < 4.78 is 9.44. The zero-order chi connectivity index (χ0) is 24.4. The number of benzene rings is 2. The van der Waals surface area contributed by atoms with Gasteiger partial charge in [0.25, 0.3) is 11.8 Å². The number of hydrogen-bond donors (Lipinski definition) is 1. The predicted molar refractivity (Wildman–Crippen MR) is 132 cm³/mol. The molecular formula is C26H27N7O2. The summed E-state index contributed by atoms with van der Waals surface area (Å²) in [5, 5.41) is 12.6. The van der Waals surface area contributed by atoms with Crippen molar-refractivity contribution in [1.82, 2.24) is 34.8 Å². The molecule has 9 heteroatoms. The third kappa shape index (κ3) is 4.84. The summed E-state index contributed by atoms with van der Waals surface area (Å²) in [5.41, 5.74) is 3.40. The summed E-state index contributed by atoms with van der Waals surface area (Å²) in [7, 11) is 0. The molecule has 0 aliphatic carbocycles. The Bertz CT molecular complexity index is 1440. The second-order valence-electron chi connectivity index (χ2n) is 9.42. The van der Waals surface area contributed by atoms with Crippen LogP contribution in [0.5, 0.6) is 0 Å². The van der Waals surface area contributed by atoms with E-state index in [9.17, 15) is 4.79 Å². The maximum Gasteiger partial charge on any atom is 0.279 e. The highest BCUT2D eigenvalue weighted by Crippen LogP contribution is 2.27. The van der Waals surface area contributed by atoms with E-state index in [-0.39, 0.29) is 17.9 Å². The minimum atomic E-state index is -0.189. The Labute approximate surface area is 202 Å². The van der Waals surface area contributed by atoms with Crippen molar-refractivity contribution in [3.8, 4) is 11.6 Å². The molecule has 0 radical (unpaired) electrons. The number of hydrogen-bond acceptors (Lipinski definition) is 6. The second-order valence-corrected chi connectivity index (χ2v) is 9.42. The van der Waals surface area contributed by atoms with E-state index in [1.807, 2.05) is 64.0 Å². The maximum absolute atomic E-state index is 12.6. The topological polar surface area (TPSA) is 104 Å². The van der Waals surface area contributed by atoms with Gasteiger partial charge >= 0.3 is 0 Å². The first-order valence-corrected chi connectivity index (χ1v) is 11.5. The minimum Gasteiger partial charge on any atom is -0.345 e. The fourth-order valence-corrected chi connectivity index (χ4v) is 3.89. The molecular weight excluding hydrogens is 442 g/mol. The summed E-state index contributed by atoms with van der Waals surface area (Å²) in [5.74, 6) is 0.518. The van der Waals surface area contributed by atoms with E-state index in [1.54, 1.807) is 12.5 Å². The Morgan fingerprint density at radius 1 is 1.06 bits per heavy atom. The van der Waals surface area contributed by atoms with Crippen LogP contribution in [0.1, 0.15) is 42.5 Å². The molecule has 1 amide bonds. The van der Waals surface area contributed by atoms with Gasteiger partial charge in [-0.25, -0.2) is 4.98 Å². The van der Waals surface area contributed by atoms with Crippen LogP contribution in [0.25, 0.3) is 22.5 Å². The zero-order valence-electron chi connectivity index (χ0n) is 20.0. The molecule has 5 aromatic rings. The molecule has 2 aromatic carbocycles. The number of amides is 1.